The number of rotatable bonds is 2. The van der Waals surface area contributed by atoms with Crippen LogP contribution in [0.25, 0.3) is 10.9 Å². The van der Waals surface area contributed by atoms with Crippen LogP contribution in [0, 0.1) is 11.3 Å². The van der Waals surface area contributed by atoms with Gasteiger partial charge in [0, 0.05) is 18.1 Å². The number of halogens is 3. The van der Waals surface area contributed by atoms with E-state index >= 15 is 0 Å². The summed E-state index contributed by atoms with van der Waals surface area (Å²) in [4.78, 5) is 3.99. The third-order valence-corrected chi connectivity index (χ3v) is 2.67. The van der Waals surface area contributed by atoms with Crippen LogP contribution in [-0.4, -0.2) is 11.5 Å². The molecule has 0 unspecified atom stereocenters. The lowest BCUT2D eigenvalue weighted by atomic mass is 10.1. The molecule has 0 aliphatic carbocycles. The molecule has 2 aromatic rings. The molecule has 0 bridgehead atoms. The minimum absolute atomic E-state index is 0.230. The third kappa shape index (κ3) is 2.45. The van der Waals surface area contributed by atoms with Crippen LogP contribution >= 0.6 is 0 Å². The molecule has 0 atom stereocenters. The highest BCUT2D eigenvalue weighted by Crippen LogP contribution is 2.34. The fourth-order valence-electron chi connectivity index (χ4n) is 1.82. The lowest BCUT2D eigenvalue weighted by Gasteiger charge is -2.12. The number of alkyl halides is 3. The average molecular weight is 265 g/mol. The second kappa shape index (κ2) is 4.76. The molecule has 6 heteroatoms. The number of hydrogen-bond acceptors (Lipinski definition) is 3. The van der Waals surface area contributed by atoms with Gasteiger partial charge in [0.15, 0.2) is 0 Å². The number of nitrogens with zero attached hydrogens (tertiary/aromatic N) is 2. The first-order valence-corrected chi connectivity index (χ1v) is 5.61. The van der Waals surface area contributed by atoms with Gasteiger partial charge in [0.05, 0.1) is 22.3 Å². The molecule has 0 saturated heterocycles. The minimum atomic E-state index is -4.42. The van der Waals surface area contributed by atoms with E-state index in [-0.39, 0.29) is 5.56 Å². The second-order valence-corrected chi connectivity index (χ2v) is 3.92. The quantitative estimate of drug-likeness (QED) is 0.903. The number of aromatic nitrogens is 1. The minimum Gasteiger partial charge on any atom is -0.384 e. The summed E-state index contributed by atoms with van der Waals surface area (Å²) in [6, 6.07) is 5.23. The van der Waals surface area contributed by atoms with Crippen LogP contribution in [0.2, 0.25) is 0 Å². The van der Waals surface area contributed by atoms with Gasteiger partial charge in [-0.1, -0.05) is 0 Å². The Hall–Kier alpha value is -2.29. The van der Waals surface area contributed by atoms with E-state index in [1.165, 1.54) is 12.3 Å². The largest absolute Gasteiger partial charge is 0.416 e. The van der Waals surface area contributed by atoms with Crippen LogP contribution in [0.3, 0.4) is 0 Å². The topological polar surface area (TPSA) is 48.7 Å². The van der Waals surface area contributed by atoms with Gasteiger partial charge in [-0.2, -0.15) is 18.4 Å². The molecule has 1 N–H and O–H groups in total. The van der Waals surface area contributed by atoms with Crippen molar-refractivity contribution in [1.29, 1.82) is 5.26 Å². The molecule has 0 amide bonds. The normalized spacial score (nSPS) is 11.3. The maximum atomic E-state index is 12.7. The molecule has 0 spiro atoms. The van der Waals surface area contributed by atoms with Gasteiger partial charge >= 0.3 is 6.18 Å². The number of benzene rings is 1. The standard InChI is InChI=1S/C13H10F3N3/c1-2-18-12-8(6-17)7-19-11-4-3-9(5-10(11)12)13(14,15)16/h3-5,7H,2H2,1H3,(H,18,19). The zero-order valence-electron chi connectivity index (χ0n) is 10.0. The highest BCUT2D eigenvalue weighted by molar-refractivity contribution is 5.94. The van der Waals surface area contributed by atoms with Gasteiger partial charge in [0.2, 0.25) is 0 Å². The van der Waals surface area contributed by atoms with E-state index < -0.39 is 11.7 Å². The lowest BCUT2D eigenvalue weighted by molar-refractivity contribution is -0.137. The van der Waals surface area contributed by atoms with Crippen molar-refractivity contribution in [2.75, 3.05) is 11.9 Å². The third-order valence-electron chi connectivity index (χ3n) is 2.67. The van der Waals surface area contributed by atoms with Crippen molar-refractivity contribution in [2.24, 2.45) is 0 Å². The zero-order chi connectivity index (χ0) is 14.0. The summed E-state index contributed by atoms with van der Waals surface area (Å²) in [6.45, 7) is 2.31. The first-order valence-electron chi connectivity index (χ1n) is 5.61. The summed E-state index contributed by atoms with van der Waals surface area (Å²) in [7, 11) is 0. The van der Waals surface area contributed by atoms with E-state index in [0.717, 1.165) is 12.1 Å². The van der Waals surface area contributed by atoms with Gasteiger partial charge in [-0.15, -0.1) is 0 Å². The Morgan fingerprint density at radius 2 is 2.11 bits per heavy atom. The summed E-state index contributed by atoms with van der Waals surface area (Å²) in [5, 5.41) is 12.2. The van der Waals surface area contributed by atoms with Crippen LogP contribution < -0.4 is 5.32 Å². The van der Waals surface area contributed by atoms with Crippen molar-refractivity contribution >= 4 is 16.6 Å². The number of anilines is 1. The Morgan fingerprint density at radius 1 is 1.37 bits per heavy atom. The van der Waals surface area contributed by atoms with Crippen molar-refractivity contribution in [3.8, 4) is 6.07 Å². The Morgan fingerprint density at radius 3 is 2.68 bits per heavy atom. The first kappa shape index (κ1) is 13.1. The Labute approximate surface area is 107 Å². The van der Waals surface area contributed by atoms with Gasteiger partial charge in [-0.05, 0) is 25.1 Å². The zero-order valence-corrected chi connectivity index (χ0v) is 10.0. The molecule has 98 valence electrons. The molecular weight excluding hydrogens is 255 g/mol. The molecule has 1 aromatic carbocycles. The van der Waals surface area contributed by atoms with Crippen LogP contribution in [0.4, 0.5) is 18.9 Å². The Balaban J connectivity index is 2.74. The SMILES string of the molecule is CCNc1c(C#N)cnc2ccc(C(F)(F)F)cc12. The maximum Gasteiger partial charge on any atom is 0.416 e. The van der Waals surface area contributed by atoms with Crippen molar-refractivity contribution in [1.82, 2.24) is 4.98 Å². The molecule has 0 radical (unpaired) electrons. The molecule has 0 aliphatic rings. The van der Waals surface area contributed by atoms with Crippen LogP contribution in [0.1, 0.15) is 18.1 Å². The molecule has 19 heavy (non-hydrogen) atoms. The highest BCUT2D eigenvalue weighted by Gasteiger charge is 2.30. The first-order chi connectivity index (χ1) is 8.97. The summed E-state index contributed by atoms with van der Waals surface area (Å²) < 4.78 is 38.1. The molecule has 3 nitrogen and oxygen atoms in total. The molecule has 0 saturated carbocycles. The monoisotopic (exact) mass is 265 g/mol. The van der Waals surface area contributed by atoms with Crippen LogP contribution in [0.15, 0.2) is 24.4 Å². The molecule has 0 aliphatic heterocycles. The smallest absolute Gasteiger partial charge is 0.384 e. The van der Waals surface area contributed by atoms with E-state index in [4.69, 9.17) is 5.26 Å². The summed E-state index contributed by atoms with van der Waals surface area (Å²) in [5.74, 6) is 0. The number of nitriles is 1. The predicted molar refractivity (Wildman–Crippen MR) is 65.6 cm³/mol. The number of fused-ring (bicyclic) bond motifs is 1. The highest BCUT2D eigenvalue weighted by atomic mass is 19.4. The number of hydrogen-bond donors (Lipinski definition) is 1. The van der Waals surface area contributed by atoms with E-state index in [1.54, 1.807) is 6.92 Å². The predicted octanol–water partition coefficient (Wildman–Crippen LogP) is 3.56. The van der Waals surface area contributed by atoms with Crippen LogP contribution in [-0.2, 0) is 6.18 Å². The fourth-order valence-corrected chi connectivity index (χ4v) is 1.82. The van der Waals surface area contributed by atoms with Gasteiger partial charge in [-0.3, -0.25) is 4.98 Å². The van der Waals surface area contributed by atoms with Gasteiger partial charge in [0.25, 0.3) is 0 Å². The molecule has 1 heterocycles. The Bertz CT molecular complexity index is 656. The van der Waals surface area contributed by atoms with Crippen molar-refractivity contribution in [3.63, 3.8) is 0 Å². The average Bonchev–Trinajstić information content (AvgIpc) is 2.37. The van der Waals surface area contributed by atoms with E-state index in [0.29, 0.717) is 23.1 Å². The summed E-state index contributed by atoms with van der Waals surface area (Å²) in [5.41, 5.74) is 0.286. The van der Waals surface area contributed by atoms with Gasteiger partial charge in [0.1, 0.15) is 6.07 Å². The fraction of sp³-hybridized carbons (Fsp3) is 0.231. The lowest BCUT2D eigenvalue weighted by Crippen LogP contribution is -2.06. The van der Waals surface area contributed by atoms with E-state index in [2.05, 4.69) is 10.3 Å². The summed E-state index contributed by atoms with van der Waals surface area (Å²) in [6.07, 6.45) is -3.06. The summed E-state index contributed by atoms with van der Waals surface area (Å²) >= 11 is 0. The molecule has 0 fully saturated rings. The van der Waals surface area contributed by atoms with E-state index in [9.17, 15) is 13.2 Å². The van der Waals surface area contributed by atoms with Crippen molar-refractivity contribution in [2.45, 2.75) is 13.1 Å². The van der Waals surface area contributed by atoms with E-state index in [1.807, 2.05) is 6.07 Å². The van der Waals surface area contributed by atoms with Gasteiger partial charge < -0.3 is 5.32 Å². The van der Waals surface area contributed by atoms with Gasteiger partial charge in [-0.25, -0.2) is 0 Å². The maximum absolute atomic E-state index is 12.7. The molecule has 2 rings (SSSR count). The molecular formula is C13H10F3N3. The number of nitrogens with one attached hydrogen (secondary N) is 1. The Kier molecular flexibility index (Phi) is 3.30. The molecule has 1 aromatic heterocycles. The number of pyridine rings is 1. The van der Waals surface area contributed by atoms with Crippen molar-refractivity contribution < 1.29 is 13.2 Å². The second-order valence-electron chi connectivity index (χ2n) is 3.92. The van der Waals surface area contributed by atoms with Crippen molar-refractivity contribution in [3.05, 3.63) is 35.5 Å². The van der Waals surface area contributed by atoms with Crippen LogP contribution in [0.5, 0.6) is 0 Å².